The van der Waals surface area contributed by atoms with Gasteiger partial charge in [0, 0.05) is 40.8 Å². The van der Waals surface area contributed by atoms with E-state index < -0.39 is 0 Å². The number of benzene rings is 2. The molecule has 0 spiro atoms. The van der Waals surface area contributed by atoms with Crippen LogP contribution >= 0.6 is 23.8 Å². The van der Waals surface area contributed by atoms with Crippen LogP contribution < -0.4 is 20.3 Å². The smallest absolute Gasteiger partial charge is 0.253 e. The standard InChI is InChI=1S/C25H31ClN4O3S/c1-5-29(6-2)10-11-30(25(34)27-20-9-7-8-19(26)14-20)16-18-12-17-13-22(32-3)23(33-4)15-21(17)28-24(18)31/h7-9,12-15H,5-6,10-11,16H2,1-4H3,(H,27,34)(H,28,31). The third-order valence-electron chi connectivity index (χ3n) is 5.73. The van der Waals surface area contributed by atoms with Crippen LogP contribution in [-0.4, -0.2) is 60.3 Å². The Morgan fingerprint density at radius 3 is 2.41 bits per heavy atom. The number of thiocarbonyl (C=S) groups is 1. The van der Waals surface area contributed by atoms with Gasteiger partial charge >= 0.3 is 0 Å². The van der Waals surface area contributed by atoms with E-state index in [1.165, 1.54) is 0 Å². The van der Waals surface area contributed by atoms with Crippen LogP contribution in [0, 0.1) is 0 Å². The molecule has 0 fully saturated rings. The van der Waals surface area contributed by atoms with Crippen LogP contribution in [0.3, 0.4) is 0 Å². The molecule has 3 rings (SSSR count). The summed E-state index contributed by atoms with van der Waals surface area (Å²) >= 11 is 11.9. The van der Waals surface area contributed by atoms with Gasteiger partial charge in [-0.05, 0) is 55.6 Å². The second kappa shape index (κ2) is 12.1. The Morgan fingerprint density at radius 2 is 1.76 bits per heavy atom. The number of pyridine rings is 1. The maximum Gasteiger partial charge on any atom is 0.253 e. The topological polar surface area (TPSA) is 69.8 Å². The largest absolute Gasteiger partial charge is 0.493 e. The number of hydrogen-bond donors (Lipinski definition) is 2. The summed E-state index contributed by atoms with van der Waals surface area (Å²) in [4.78, 5) is 20.2. The van der Waals surface area contributed by atoms with Crippen LogP contribution in [0.15, 0.2) is 47.3 Å². The van der Waals surface area contributed by atoms with Gasteiger partial charge in [-0.25, -0.2) is 0 Å². The number of anilines is 1. The predicted molar refractivity (Wildman–Crippen MR) is 144 cm³/mol. The van der Waals surface area contributed by atoms with E-state index in [-0.39, 0.29) is 5.56 Å². The Kier molecular flexibility index (Phi) is 9.15. The highest BCUT2D eigenvalue weighted by Gasteiger charge is 2.16. The number of likely N-dealkylation sites (N-methyl/N-ethyl adjacent to an activating group) is 1. The molecule has 0 aliphatic rings. The van der Waals surface area contributed by atoms with Crippen molar-refractivity contribution in [1.82, 2.24) is 14.8 Å². The molecule has 0 aliphatic heterocycles. The molecular formula is C25H31ClN4O3S. The molecule has 3 aromatic rings. The monoisotopic (exact) mass is 502 g/mol. The van der Waals surface area contributed by atoms with Crippen molar-refractivity contribution in [2.75, 3.05) is 45.7 Å². The molecule has 1 aromatic heterocycles. The van der Waals surface area contributed by atoms with E-state index >= 15 is 0 Å². The number of H-pyrrole nitrogens is 1. The number of halogens is 1. The fourth-order valence-electron chi connectivity index (χ4n) is 3.72. The normalized spacial score (nSPS) is 11.0. The van der Waals surface area contributed by atoms with Gasteiger partial charge in [0.25, 0.3) is 5.56 Å². The van der Waals surface area contributed by atoms with Crippen molar-refractivity contribution < 1.29 is 9.47 Å². The highest BCUT2D eigenvalue weighted by atomic mass is 35.5. The molecule has 34 heavy (non-hydrogen) atoms. The number of nitrogens with one attached hydrogen (secondary N) is 2. The number of fused-ring (bicyclic) bond motifs is 1. The molecule has 0 amide bonds. The number of aromatic amines is 1. The Hall–Kier alpha value is -2.81. The fourth-order valence-corrected chi connectivity index (χ4v) is 4.19. The lowest BCUT2D eigenvalue weighted by Gasteiger charge is -2.29. The second-order valence-electron chi connectivity index (χ2n) is 7.81. The van der Waals surface area contributed by atoms with Crippen molar-refractivity contribution in [3.63, 3.8) is 0 Å². The first-order valence-electron chi connectivity index (χ1n) is 11.2. The Labute approximate surface area is 210 Å². The van der Waals surface area contributed by atoms with E-state index in [1.807, 2.05) is 41.3 Å². The Morgan fingerprint density at radius 1 is 1.06 bits per heavy atom. The van der Waals surface area contributed by atoms with Gasteiger partial charge in [0.2, 0.25) is 0 Å². The summed E-state index contributed by atoms with van der Waals surface area (Å²) in [5.74, 6) is 1.16. The maximum absolute atomic E-state index is 13.0. The molecule has 1 heterocycles. The van der Waals surface area contributed by atoms with Crippen molar-refractivity contribution in [1.29, 1.82) is 0 Å². The molecular weight excluding hydrogens is 472 g/mol. The van der Waals surface area contributed by atoms with Crippen LogP contribution in [0.25, 0.3) is 10.9 Å². The summed E-state index contributed by atoms with van der Waals surface area (Å²) in [5.41, 5.74) is 1.92. The molecule has 0 saturated carbocycles. The van der Waals surface area contributed by atoms with E-state index in [4.69, 9.17) is 33.3 Å². The number of nitrogens with zero attached hydrogens (tertiary/aromatic N) is 2. The molecule has 2 N–H and O–H groups in total. The minimum Gasteiger partial charge on any atom is -0.493 e. The number of hydrogen-bond acceptors (Lipinski definition) is 5. The third kappa shape index (κ3) is 6.40. The fraction of sp³-hybridized carbons (Fsp3) is 0.360. The van der Waals surface area contributed by atoms with Crippen LogP contribution in [0.1, 0.15) is 19.4 Å². The lowest BCUT2D eigenvalue weighted by Crippen LogP contribution is -2.41. The van der Waals surface area contributed by atoms with E-state index in [2.05, 4.69) is 29.0 Å². The summed E-state index contributed by atoms with van der Waals surface area (Å²) in [6, 6.07) is 12.9. The first kappa shape index (κ1) is 25.8. The first-order valence-corrected chi connectivity index (χ1v) is 12.0. The van der Waals surface area contributed by atoms with Crippen LogP contribution in [0.5, 0.6) is 11.5 Å². The van der Waals surface area contributed by atoms with Gasteiger partial charge in [-0.15, -0.1) is 0 Å². The molecule has 2 aromatic carbocycles. The molecule has 9 heteroatoms. The van der Waals surface area contributed by atoms with Crippen LogP contribution in [0.4, 0.5) is 5.69 Å². The summed E-state index contributed by atoms with van der Waals surface area (Å²) in [7, 11) is 3.16. The zero-order valence-electron chi connectivity index (χ0n) is 20.0. The predicted octanol–water partition coefficient (Wildman–Crippen LogP) is 4.74. The first-order chi connectivity index (χ1) is 16.4. The average molecular weight is 503 g/mol. The van der Waals surface area contributed by atoms with Crippen molar-refractivity contribution in [3.05, 3.63) is 63.4 Å². The molecule has 7 nitrogen and oxygen atoms in total. The van der Waals surface area contributed by atoms with Gasteiger partial charge < -0.3 is 29.6 Å². The quantitative estimate of drug-likeness (QED) is 0.388. The second-order valence-corrected chi connectivity index (χ2v) is 8.63. The molecule has 0 atom stereocenters. The Bertz CT molecular complexity index is 1200. The van der Waals surface area contributed by atoms with Crippen LogP contribution in [0.2, 0.25) is 5.02 Å². The Balaban J connectivity index is 1.91. The van der Waals surface area contributed by atoms with Crippen molar-refractivity contribution >= 4 is 45.5 Å². The molecule has 182 valence electrons. The average Bonchev–Trinajstić information content (AvgIpc) is 2.83. The molecule has 0 unspecified atom stereocenters. The molecule has 0 aliphatic carbocycles. The summed E-state index contributed by atoms with van der Waals surface area (Å²) in [6.07, 6.45) is 0. The summed E-state index contributed by atoms with van der Waals surface area (Å²) in [5, 5.41) is 5.26. The highest BCUT2D eigenvalue weighted by Crippen LogP contribution is 2.31. The van der Waals surface area contributed by atoms with E-state index in [0.29, 0.717) is 45.8 Å². The van der Waals surface area contributed by atoms with Crippen LogP contribution in [-0.2, 0) is 6.54 Å². The van der Waals surface area contributed by atoms with Gasteiger partial charge in [-0.3, -0.25) is 4.79 Å². The van der Waals surface area contributed by atoms with E-state index in [1.54, 1.807) is 20.3 Å². The van der Waals surface area contributed by atoms with Gasteiger partial charge in [-0.1, -0.05) is 31.5 Å². The molecule has 0 bridgehead atoms. The van der Waals surface area contributed by atoms with E-state index in [0.717, 1.165) is 30.7 Å². The van der Waals surface area contributed by atoms with Gasteiger partial charge in [-0.2, -0.15) is 0 Å². The number of aromatic nitrogens is 1. The zero-order chi connectivity index (χ0) is 24.7. The molecule has 0 saturated heterocycles. The number of rotatable bonds is 10. The number of methoxy groups -OCH3 is 2. The third-order valence-corrected chi connectivity index (χ3v) is 6.33. The minimum absolute atomic E-state index is 0.168. The lowest BCUT2D eigenvalue weighted by molar-refractivity contribution is 0.266. The molecule has 0 radical (unpaired) electrons. The zero-order valence-corrected chi connectivity index (χ0v) is 21.6. The van der Waals surface area contributed by atoms with Gasteiger partial charge in [0.15, 0.2) is 16.6 Å². The lowest BCUT2D eigenvalue weighted by atomic mass is 10.1. The maximum atomic E-state index is 13.0. The van der Waals surface area contributed by atoms with E-state index in [9.17, 15) is 4.79 Å². The highest BCUT2D eigenvalue weighted by molar-refractivity contribution is 7.80. The SMILES string of the molecule is CCN(CC)CCN(Cc1cc2cc(OC)c(OC)cc2[nH]c1=O)C(=S)Nc1cccc(Cl)c1. The minimum atomic E-state index is -0.168. The van der Waals surface area contributed by atoms with Crippen molar-refractivity contribution in [2.45, 2.75) is 20.4 Å². The summed E-state index contributed by atoms with van der Waals surface area (Å²) < 4.78 is 10.8. The number of ether oxygens (including phenoxy) is 2. The van der Waals surface area contributed by atoms with Crippen molar-refractivity contribution in [3.8, 4) is 11.5 Å². The van der Waals surface area contributed by atoms with Gasteiger partial charge in [0.05, 0.1) is 26.3 Å². The van der Waals surface area contributed by atoms with Crippen molar-refractivity contribution in [2.24, 2.45) is 0 Å². The van der Waals surface area contributed by atoms with Gasteiger partial charge in [0.1, 0.15) is 0 Å². The summed E-state index contributed by atoms with van der Waals surface area (Å²) in [6.45, 7) is 7.98.